The van der Waals surface area contributed by atoms with Crippen molar-refractivity contribution < 1.29 is 14.3 Å². The number of likely N-dealkylation sites (N-methyl/N-ethyl adjacent to an activating group) is 1. The SMILES string of the molecule is C=CCC(NC(=O)OC)C(=O)N(C)C. The zero-order valence-electron chi connectivity index (χ0n) is 8.74. The van der Waals surface area contributed by atoms with Crippen LogP contribution in [0, 0.1) is 0 Å². The molecule has 5 heteroatoms. The van der Waals surface area contributed by atoms with E-state index in [1.54, 1.807) is 20.2 Å². The molecular weight excluding hydrogens is 184 g/mol. The summed E-state index contributed by atoms with van der Waals surface area (Å²) in [6.45, 7) is 3.51. The normalized spacial score (nSPS) is 11.4. The second-order valence-corrected chi connectivity index (χ2v) is 2.95. The van der Waals surface area contributed by atoms with Crippen molar-refractivity contribution in [2.24, 2.45) is 0 Å². The summed E-state index contributed by atoms with van der Waals surface area (Å²) in [6.07, 6.45) is 1.33. The van der Waals surface area contributed by atoms with Crippen LogP contribution in [-0.2, 0) is 9.53 Å². The first-order chi connectivity index (χ1) is 6.52. The molecule has 0 aromatic rings. The van der Waals surface area contributed by atoms with Crippen LogP contribution in [0.15, 0.2) is 12.7 Å². The third kappa shape index (κ3) is 3.93. The van der Waals surface area contributed by atoms with Gasteiger partial charge in [0.2, 0.25) is 5.91 Å². The number of ether oxygens (including phenoxy) is 1. The highest BCUT2D eigenvalue weighted by Crippen LogP contribution is 1.97. The highest BCUT2D eigenvalue weighted by atomic mass is 16.5. The van der Waals surface area contributed by atoms with E-state index in [2.05, 4.69) is 16.6 Å². The quantitative estimate of drug-likeness (QED) is 0.667. The summed E-state index contributed by atoms with van der Waals surface area (Å²) < 4.78 is 4.40. The maximum absolute atomic E-state index is 11.5. The first-order valence-corrected chi connectivity index (χ1v) is 4.19. The average Bonchev–Trinajstić information content (AvgIpc) is 2.15. The van der Waals surface area contributed by atoms with Crippen LogP contribution in [0.1, 0.15) is 6.42 Å². The molecule has 0 aliphatic heterocycles. The minimum atomic E-state index is -0.618. The van der Waals surface area contributed by atoms with Crippen molar-refractivity contribution in [2.75, 3.05) is 21.2 Å². The molecular formula is C9H16N2O3. The molecule has 1 N–H and O–H groups in total. The Morgan fingerprint density at radius 1 is 1.57 bits per heavy atom. The maximum Gasteiger partial charge on any atom is 0.407 e. The van der Waals surface area contributed by atoms with Gasteiger partial charge in [0.1, 0.15) is 6.04 Å². The highest BCUT2D eigenvalue weighted by Gasteiger charge is 2.20. The van der Waals surface area contributed by atoms with Gasteiger partial charge in [0.15, 0.2) is 0 Å². The fraction of sp³-hybridized carbons (Fsp3) is 0.556. The molecule has 0 spiro atoms. The predicted molar refractivity (Wildman–Crippen MR) is 52.8 cm³/mol. The van der Waals surface area contributed by atoms with Crippen LogP contribution >= 0.6 is 0 Å². The van der Waals surface area contributed by atoms with Crippen molar-refractivity contribution in [1.82, 2.24) is 10.2 Å². The van der Waals surface area contributed by atoms with Gasteiger partial charge in [-0.25, -0.2) is 4.79 Å². The summed E-state index contributed by atoms with van der Waals surface area (Å²) in [6, 6.07) is -0.602. The second-order valence-electron chi connectivity index (χ2n) is 2.95. The molecule has 0 saturated carbocycles. The van der Waals surface area contributed by atoms with Crippen LogP contribution in [0.2, 0.25) is 0 Å². The molecule has 0 fully saturated rings. The van der Waals surface area contributed by atoms with Gasteiger partial charge in [0.05, 0.1) is 7.11 Å². The van der Waals surface area contributed by atoms with Gasteiger partial charge in [0.25, 0.3) is 0 Å². The van der Waals surface area contributed by atoms with E-state index in [1.165, 1.54) is 12.0 Å². The zero-order chi connectivity index (χ0) is 11.1. The number of nitrogens with one attached hydrogen (secondary N) is 1. The van der Waals surface area contributed by atoms with Crippen LogP contribution in [0.25, 0.3) is 0 Å². The van der Waals surface area contributed by atoms with Gasteiger partial charge >= 0.3 is 6.09 Å². The number of carbonyl (C=O) groups is 2. The van der Waals surface area contributed by atoms with Crippen molar-refractivity contribution in [3.05, 3.63) is 12.7 Å². The number of nitrogens with zero attached hydrogens (tertiary/aromatic N) is 1. The summed E-state index contributed by atoms with van der Waals surface area (Å²) in [5.41, 5.74) is 0. The van der Waals surface area contributed by atoms with Crippen molar-refractivity contribution in [1.29, 1.82) is 0 Å². The Balaban J connectivity index is 4.35. The van der Waals surface area contributed by atoms with Crippen molar-refractivity contribution in [2.45, 2.75) is 12.5 Å². The first-order valence-electron chi connectivity index (χ1n) is 4.19. The van der Waals surface area contributed by atoms with E-state index in [4.69, 9.17) is 0 Å². The lowest BCUT2D eigenvalue weighted by Crippen LogP contribution is -2.45. The molecule has 0 rings (SSSR count). The fourth-order valence-electron chi connectivity index (χ4n) is 0.901. The van der Waals surface area contributed by atoms with Gasteiger partial charge in [-0.1, -0.05) is 6.08 Å². The molecule has 0 aromatic carbocycles. The summed E-state index contributed by atoms with van der Waals surface area (Å²) >= 11 is 0. The standard InChI is InChI=1S/C9H16N2O3/c1-5-6-7(8(12)11(2)3)10-9(13)14-4/h5,7H,1,6H2,2-4H3,(H,10,13). The Labute approximate surface area is 83.7 Å². The smallest absolute Gasteiger partial charge is 0.407 e. The molecule has 0 aliphatic rings. The average molecular weight is 200 g/mol. The van der Waals surface area contributed by atoms with Gasteiger partial charge in [-0.05, 0) is 6.42 Å². The molecule has 2 amide bonds. The Kier molecular flexibility index (Phi) is 5.36. The number of alkyl carbamates (subject to hydrolysis) is 1. The summed E-state index contributed by atoms with van der Waals surface area (Å²) in [5.74, 6) is -0.185. The van der Waals surface area contributed by atoms with Crippen LogP contribution in [0.5, 0.6) is 0 Å². The molecule has 0 radical (unpaired) electrons. The van der Waals surface area contributed by atoms with E-state index < -0.39 is 12.1 Å². The molecule has 0 aliphatic carbocycles. The lowest BCUT2D eigenvalue weighted by molar-refractivity contribution is -0.130. The molecule has 0 heterocycles. The van der Waals surface area contributed by atoms with E-state index in [0.29, 0.717) is 6.42 Å². The zero-order valence-corrected chi connectivity index (χ0v) is 8.74. The molecule has 0 aromatic heterocycles. The molecule has 1 atom stereocenters. The molecule has 0 bridgehead atoms. The lowest BCUT2D eigenvalue weighted by atomic mass is 10.2. The molecule has 14 heavy (non-hydrogen) atoms. The van der Waals surface area contributed by atoms with Crippen molar-refractivity contribution in [3.8, 4) is 0 Å². The fourth-order valence-corrected chi connectivity index (χ4v) is 0.901. The van der Waals surface area contributed by atoms with Crippen molar-refractivity contribution in [3.63, 3.8) is 0 Å². The Morgan fingerprint density at radius 3 is 2.50 bits per heavy atom. The van der Waals surface area contributed by atoms with Crippen LogP contribution in [0.3, 0.4) is 0 Å². The largest absolute Gasteiger partial charge is 0.453 e. The van der Waals surface area contributed by atoms with E-state index >= 15 is 0 Å². The minimum absolute atomic E-state index is 0.185. The first kappa shape index (κ1) is 12.5. The van der Waals surface area contributed by atoms with Crippen LogP contribution < -0.4 is 5.32 Å². The van der Waals surface area contributed by atoms with Crippen LogP contribution in [-0.4, -0.2) is 44.1 Å². The van der Waals surface area contributed by atoms with Gasteiger partial charge < -0.3 is 15.0 Å². The Hall–Kier alpha value is -1.52. The third-order valence-corrected chi connectivity index (χ3v) is 1.62. The number of hydrogen-bond donors (Lipinski definition) is 1. The summed E-state index contributed by atoms with van der Waals surface area (Å²) in [7, 11) is 4.50. The molecule has 0 saturated heterocycles. The topological polar surface area (TPSA) is 58.6 Å². The molecule has 1 unspecified atom stereocenters. The minimum Gasteiger partial charge on any atom is -0.453 e. The Bertz CT molecular complexity index is 226. The van der Waals surface area contributed by atoms with E-state index in [0.717, 1.165) is 0 Å². The number of amides is 2. The third-order valence-electron chi connectivity index (χ3n) is 1.62. The maximum atomic E-state index is 11.5. The van der Waals surface area contributed by atoms with Gasteiger partial charge in [-0.3, -0.25) is 4.79 Å². The van der Waals surface area contributed by atoms with E-state index in [1.807, 2.05) is 0 Å². The van der Waals surface area contributed by atoms with Crippen LogP contribution in [0.4, 0.5) is 4.79 Å². The van der Waals surface area contributed by atoms with Gasteiger partial charge in [-0.2, -0.15) is 0 Å². The lowest BCUT2D eigenvalue weighted by Gasteiger charge is -2.19. The van der Waals surface area contributed by atoms with E-state index in [9.17, 15) is 9.59 Å². The number of carbonyl (C=O) groups excluding carboxylic acids is 2. The summed E-state index contributed by atoms with van der Waals surface area (Å²) in [5, 5.41) is 2.43. The number of hydrogen-bond acceptors (Lipinski definition) is 3. The monoisotopic (exact) mass is 200 g/mol. The Morgan fingerprint density at radius 2 is 2.14 bits per heavy atom. The molecule has 80 valence electrons. The summed E-state index contributed by atoms with van der Waals surface area (Å²) in [4.78, 5) is 23.8. The molecule has 5 nitrogen and oxygen atoms in total. The predicted octanol–water partition coefficient (Wildman–Crippen LogP) is 0.375. The van der Waals surface area contributed by atoms with E-state index in [-0.39, 0.29) is 5.91 Å². The van der Waals surface area contributed by atoms with Gasteiger partial charge in [0, 0.05) is 14.1 Å². The highest BCUT2D eigenvalue weighted by molar-refractivity contribution is 5.85. The number of methoxy groups -OCH3 is 1. The van der Waals surface area contributed by atoms with Crippen molar-refractivity contribution >= 4 is 12.0 Å². The van der Waals surface area contributed by atoms with Gasteiger partial charge in [-0.15, -0.1) is 6.58 Å². The second kappa shape index (κ2) is 6.01. The number of rotatable bonds is 4.